The summed E-state index contributed by atoms with van der Waals surface area (Å²) in [5.41, 5.74) is 0.873. The summed E-state index contributed by atoms with van der Waals surface area (Å²) >= 11 is 3.17. The van der Waals surface area contributed by atoms with Crippen molar-refractivity contribution in [2.75, 3.05) is 0 Å². The van der Waals surface area contributed by atoms with Crippen molar-refractivity contribution in [2.24, 2.45) is 0 Å². The number of hydrogen-bond donors (Lipinski definition) is 0. The third kappa shape index (κ3) is 0.937. The molecule has 2 aromatic rings. The fourth-order valence-electron chi connectivity index (χ4n) is 0.933. The largest absolute Gasteiger partial charge is 0.354 e. The molecule has 2 aromatic heterocycles. The second kappa shape index (κ2) is 2.67. The predicted molar refractivity (Wildman–Crippen MR) is 44.9 cm³/mol. The number of hydrogen-bond acceptors (Lipinski definition) is 4. The van der Waals surface area contributed by atoms with E-state index in [1.165, 1.54) is 6.20 Å². The molecule has 0 aliphatic heterocycles. The van der Waals surface area contributed by atoms with Crippen LogP contribution in [0.25, 0.3) is 11.0 Å². The van der Waals surface area contributed by atoms with E-state index in [9.17, 15) is 4.79 Å². The van der Waals surface area contributed by atoms with E-state index in [2.05, 4.69) is 26.1 Å². The number of nitrogens with zero attached hydrogens (tertiary/aromatic N) is 2. The maximum absolute atomic E-state index is 10.5. The lowest BCUT2D eigenvalue weighted by Crippen LogP contribution is -1.81. The first kappa shape index (κ1) is 7.42. The molecule has 12 heavy (non-hydrogen) atoms. The van der Waals surface area contributed by atoms with Crippen molar-refractivity contribution < 1.29 is 9.32 Å². The topological polar surface area (TPSA) is 56.0 Å². The second-order valence-corrected chi connectivity index (χ2v) is 2.95. The van der Waals surface area contributed by atoms with E-state index >= 15 is 0 Å². The number of pyridine rings is 1. The van der Waals surface area contributed by atoms with Gasteiger partial charge in [-0.25, -0.2) is 0 Å². The van der Waals surface area contributed by atoms with Crippen molar-refractivity contribution in [3.63, 3.8) is 0 Å². The van der Waals surface area contributed by atoms with Gasteiger partial charge in [-0.15, -0.1) is 0 Å². The lowest BCUT2D eigenvalue weighted by Gasteiger charge is -1.88. The zero-order chi connectivity index (χ0) is 8.55. The molecule has 0 bridgehead atoms. The van der Waals surface area contributed by atoms with Crippen LogP contribution >= 0.6 is 15.9 Å². The van der Waals surface area contributed by atoms with E-state index < -0.39 is 0 Å². The summed E-state index contributed by atoms with van der Waals surface area (Å²) < 4.78 is 5.47. The summed E-state index contributed by atoms with van der Waals surface area (Å²) in [4.78, 5) is 14.3. The summed E-state index contributed by atoms with van der Waals surface area (Å²) in [6.45, 7) is 0. The highest BCUT2D eigenvalue weighted by Crippen LogP contribution is 2.23. The Kier molecular flexibility index (Phi) is 1.65. The number of carbonyl (C=O) groups excluding carboxylic acids is 1. The van der Waals surface area contributed by atoms with Crippen LogP contribution in [0.15, 0.2) is 21.5 Å². The molecular weight excluding hydrogens is 224 g/mol. The Morgan fingerprint density at radius 3 is 3.08 bits per heavy atom. The SMILES string of the molecule is O=Cc1cncc2c(Br)noc12. The van der Waals surface area contributed by atoms with Gasteiger partial charge < -0.3 is 4.52 Å². The summed E-state index contributed by atoms with van der Waals surface area (Å²) in [6, 6.07) is 0. The van der Waals surface area contributed by atoms with E-state index in [1.807, 2.05) is 0 Å². The van der Waals surface area contributed by atoms with Crippen LogP contribution in [0.1, 0.15) is 10.4 Å². The van der Waals surface area contributed by atoms with Gasteiger partial charge >= 0.3 is 0 Å². The Morgan fingerprint density at radius 2 is 2.33 bits per heavy atom. The Hall–Kier alpha value is -1.23. The molecule has 0 aromatic carbocycles. The highest BCUT2D eigenvalue weighted by Gasteiger charge is 2.08. The first-order chi connectivity index (χ1) is 5.83. The zero-order valence-electron chi connectivity index (χ0n) is 5.82. The maximum Gasteiger partial charge on any atom is 0.181 e. The van der Waals surface area contributed by atoms with E-state index in [0.29, 0.717) is 27.4 Å². The van der Waals surface area contributed by atoms with Gasteiger partial charge in [0.1, 0.15) is 0 Å². The van der Waals surface area contributed by atoms with Crippen LogP contribution in [0.2, 0.25) is 0 Å². The van der Waals surface area contributed by atoms with Gasteiger partial charge in [-0.3, -0.25) is 9.78 Å². The molecule has 0 saturated carbocycles. The number of fused-ring (bicyclic) bond motifs is 1. The van der Waals surface area contributed by atoms with Crippen molar-refractivity contribution in [3.8, 4) is 0 Å². The summed E-state index contributed by atoms with van der Waals surface area (Å²) in [5.74, 6) is 0. The molecule has 2 heterocycles. The number of carbonyl (C=O) groups is 1. The minimum absolute atomic E-state index is 0.408. The molecule has 0 spiro atoms. The molecule has 60 valence electrons. The van der Waals surface area contributed by atoms with Gasteiger partial charge in [-0.2, -0.15) is 0 Å². The first-order valence-electron chi connectivity index (χ1n) is 3.17. The monoisotopic (exact) mass is 226 g/mol. The average molecular weight is 227 g/mol. The number of aromatic nitrogens is 2. The maximum atomic E-state index is 10.5. The normalized spacial score (nSPS) is 10.4. The fourth-order valence-corrected chi connectivity index (χ4v) is 1.29. The molecule has 0 unspecified atom stereocenters. The molecule has 0 atom stereocenters. The van der Waals surface area contributed by atoms with Crippen LogP contribution in [0.5, 0.6) is 0 Å². The number of halogens is 1. The smallest absolute Gasteiger partial charge is 0.181 e. The van der Waals surface area contributed by atoms with Crippen LogP contribution < -0.4 is 0 Å². The van der Waals surface area contributed by atoms with Gasteiger partial charge in [0.25, 0.3) is 0 Å². The van der Waals surface area contributed by atoms with Crippen molar-refractivity contribution in [1.82, 2.24) is 10.1 Å². The van der Waals surface area contributed by atoms with Crippen LogP contribution in [-0.4, -0.2) is 16.4 Å². The van der Waals surface area contributed by atoms with E-state index in [4.69, 9.17) is 4.52 Å². The minimum atomic E-state index is 0.408. The van der Waals surface area contributed by atoms with Crippen molar-refractivity contribution in [1.29, 1.82) is 0 Å². The molecular formula is C7H3BrN2O2. The standard InChI is InChI=1S/C7H3BrN2O2/c8-7-5-2-9-1-4(3-11)6(5)12-10-7/h1-3H. The molecule has 0 saturated heterocycles. The van der Waals surface area contributed by atoms with Gasteiger partial charge in [0.15, 0.2) is 16.5 Å². The third-order valence-electron chi connectivity index (χ3n) is 1.49. The first-order valence-corrected chi connectivity index (χ1v) is 3.96. The highest BCUT2D eigenvalue weighted by molar-refractivity contribution is 9.10. The predicted octanol–water partition coefficient (Wildman–Crippen LogP) is 1.80. The molecule has 2 rings (SSSR count). The number of rotatable bonds is 1. The molecule has 0 N–H and O–H groups in total. The molecule has 0 aliphatic carbocycles. The lowest BCUT2D eigenvalue weighted by atomic mass is 10.2. The Bertz CT molecular complexity index is 438. The zero-order valence-corrected chi connectivity index (χ0v) is 7.41. The van der Waals surface area contributed by atoms with Crippen LogP contribution in [0.3, 0.4) is 0 Å². The van der Waals surface area contributed by atoms with E-state index in [-0.39, 0.29) is 0 Å². The quantitative estimate of drug-likeness (QED) is 0.697. The van der Waals surface area contributed by atoms with E-state index in [0.717, 1.165) is 0 Å². The molecule has 4 nitrogen and oxygen atoms in total. The third-order valence-corrected chi connectivity index (χ3v) is 2.06. The molecule has 0 aliphatic rings. The van der Waals surface area contributed by atoms with Gasteiger partial charge in [-0.05, 0) is 15.9 Å². The van der Waals surface area contributed by atoms with Gasteiger partial charge in [0.05, 0.1) is 10.9 Å². The van der Waals surface area contributed by atoms with Crippen LogP contribution in [-0.2, 0) is 0 Å². The van der Waals surface area contributed by atoms with Gasteiger partial charge in [-0.1, -0.05) is 5.16 Å². The number of aldehydes is 1. The van der Waals surface area contributed by atoms with Crippen LogP contribution in [0, 0.1) is 0 Å². The lowest BCUT2D eigenvalue weighted by molar-refractivity contribution is 0.112. The van der Waals surface area contributed by atoms with Gasteiger partial charge in [0, 0.05) is 12.4 Å². The van der Waals surface area contributed by atoms with Crippen molar-refractivity contribution in [3.05, 3.63) is 22.6 Å². The summed E-state index contributed by atoms with van der Waals surface area (Å²) in [5, 5.41) is 4.36. The average Bonchev–Trinajstić information content (AvgIpc) is 2.48. The Morgan fingerprint density at radius 1 is 1.50 bits per heavy atom. The van der Waals surface area contributed by atoms with E-state index in [1.54, 1.807) is 6.20 Å². The second-order valence-electron chi connectivity index (χ2n) is 2.20. The highest BCUT2D eigenvalue weighted by atomic mass is 79.9. The van der Waals surface area contributed by atoms with Crippen molar-refractivity contribution >= 4 is 33.2 Å². The molecule has 0 amide bonds. The molecule has 0 fully saturated rings. The summed E-state index contributed by atoms with van der Waals surface area (Å²) in [7, 11) is 0. The fraction of sp³-hybridized carbons (Fsp3) is 0. The Labute approximate surface area is 75.7 Å². The van der Waals surface area contributed by atoms with Gasteiger partial charge in [0.2, 0.25) is 0 Å². The van der Waals surface area contributed by atoms with Crippen molar-refractivity contribution in [2.45, 2.75) is 0 Å². The van der Waals surface area contributed by atoms with Crippen LogP contribution in [0.4, 0.5) is 0 Å². The molecule has 5 heteroatoms. The molecule has 0 radical (unpaired) electrons. The Balaban J connectivity index is 2.89. The summed E-state index contributed by atoms with van der Waals surface area (Å²) in [6.07, 6.45) is 3.71. The minimum Gasteiger partial charge on any atom is -0.354 e.